The van der Waals surface area contributed by atoms with Gasteiger partial charge in [-0.2, -0.15) is 0 Å². The molecule has 2 aromatic carbocycles. The van der Waals surface area contributed by atoms with E-state index in [9.17, 15) is 9.18 Å². The topological polar surface area (TPSA) is 35.5 Å². The van der Waals surface area contributed by atoms with Crippen molar-refractivity contribution in [2.75, 3.05) is 6.61 Å². The van der Waals surface area contributed by atoms with E-state index in [1.54, 1.807) is 24.3 Å². The van der Waals surface area contributed by atoms with Crippen LogP contribution < -0.4 is 9.47 Å². The molecule has 0 saturated carbocycles. The minimum Gasteiger partial charge on any atom is -0.490 e. The van der Waals surface area contributed by atoms with Crippen LogP contribution in [0.1, 0.15) is 22.8 Å². The lowest BCUT2D eigenvalue weighted by Crippen LogP contribution is -2.01. The van der Waals surface area contributed by atoms with Crippen LogP contribution in [-0.2, 0) is 6.61 Å². The van der Waals surface area contributed by atoms with Gasteiger partial charge in [-0.25, -0.2) is 4.39 Å². The number of aldehydes is 1. The molecule has 0 unspecified atom stereocenters. The lowest BCUT2D eigenvalue weighted by Gasteiger charge is -2.13. The SMILES string of the molecule is CCOc1cc(C=O)c(Br)cc1OCc1cccc(F)c1. The Morgan fingerprint density at radius 1 is 1.19 bits per heavy atom. The predicted molar refractivity (Wildman–Crippen MR) is 81.4 cm³/mol. The molecule has 110 valence electrons. The van der Waals surface area contributed by atoms with Crippen molar-refractivity contribution >= 4 is 22.2 Å². The standard InChI is InChI=1S/C16H14BrFO3/c1-2-20-15-7-12(9-19)14(17)8-16(15)21-10-11-4-3-5-13(18)6-11/h3-9H,2,10H2,1H3. The van der Waals surface area contributed by atoms with Gasteiger partial charge in [0.15, 0.2) is 17.8 Å². The molecule has 0 amide bonds. The summed E-state index contributed by atoms with van der Waals surface area (Å²) in [5.41, 5.74) is 1.20. The first-order valence-electron chi connectivity index (χ1n) is 6.42. The molecule has 0 aliphatic rings. The zero-order valence-electron chi connectivity index (χ0n) is 11.4. The highest BCUT2D eigenvalue weighted by molar-refractivity contribution is 9.10. The van der Waals surface area contributed by atoms with Crippen LogP contribution in [0, 0.1) is 5.82 Å². The highest BCUT2D eigenvalue weighted by atomic mass is 79.9. The van der Waals surface area contributed by atoms with Crippen LogP contribution in [0.4, 0.5) is 4.39 Å². The minimum atomic E-state index is -0.307. The second kappa shape index (κ2) is 7.22. The summed E-state index contributed by atoms with van der Waals surface area (Å²) in [7, 11) is 0. The highest BCUT2D eigenvalue weighted by Crippen LogP contribution is 2.33. The first-order valence-corrected chi connectivity index (χ1v) is 7.22. The second-order valence-electron chi connectivity index (χ2n) is 4.29. The Morgan fingerprint density at radius 2 is 1.95 bits per heavy atom. The van der Waals surface area contributed by atoms with Gasteiger partial charge in [0.1, 0.15) is 12.4 Å². The fourth-order valence-corrected chi connectivity index (χ4v) is 2.23. The third-order valence-corrected chi connectivity index (χ3v) is 3.46. The lowest BCUT2D eigenvalue weighted by atomic mass is 10.2. The molecule has 0 bridgehead atoms. The molecule has 0 aliphatic carbocycles. The molecule has 2 aromatic rings. The maximum Gasteiger partial charge on any atom is 0.162 e. The third kappa shape index (κ3) is 4.04. The molecule has 0 radical (unpaired) electrons. The largest absolute Gasteiger partial charge is 0.490 e. The summed E-state index contributed by atoms with van der Waals surface area (Å²) in [5.74, 6) is 0.677. The van der Waals surface area contributed by atoms with Gasteiger partial charge in [-0.1, -0.05) is 12.1 Å². The van der Waals surface area contributed by atoms with Crippen molar-refractivity contribution in [1.82, 2.24) is 0 Å². The Hall–Kier alpha value is -1.88. The Morgan fingerprint density at radius 3 is 2.62 bits per heavy atom. The molecule has 5 heteroatoms. The molecular formula is C16H14BrFO3. The first-order chi connectivity index (χ1) is 10.1. The molecule has 0 N–H and O–H groups in total. The van der Waals surface area contributed by atoms with Gasteiger partial charge in [-0.15, -0.1) is 0 Å². The monoisotopic (exact) mass is 352 g/mol. The van der Waals surface area contributed by atoms with Crippen molar-refractivity contribution in [3.8, 4) is 11.5 Å². The Labute approximate surface area is 130 Å². The van der Waals surface area contributed by atoms with E-state index in [-0.39, 0.29) is 12.4 Å². The summed E-state index contributed by atoms with van der Waals surface area (Å²) in [6.07, 6.45) is 0.739. The number of halogens is 2. The summed E-state index contributed by atoms with van der Waals surface area (Å²) in [6, 6.07) is 9.48. The summed E-state index contributed by atoms with van der Waals surface area (Å²) in [5, 5.41) is 0. The number of carbonyl (C=O) groups is 1. The zero-order valence-corrected chi connectivity index (χ0v) is 13.0. The highest BCUT2D eigenvalue weighted by Gasteiger charge is 2.11. The van der Waals surface area contributed by atoms with Gasteiger partial charge in [0.2, 0.25) is 0 Å². The van der Waals surface area contributed by atoms with Gasteiger partial charge in [0.05, 0.1) is 6.61 Å². The smallest absolute Gasteiger partial charge is 0.162 e. The molecule has 0 aromatic heterocycles. The zero-order chi connectivity index (χ0) is 15.2. The van der Waals surface area contributed by atoms with Crippen molar-refractivity contribution in [1.29, 1.82) is 0 Å². The van der Waals surface area contributed by atoms with Crippen LogP contribution in [0.15, 0.2) is 40.9 Å². The molecule has 21 heavy (non-hydrogen) atoms. The molecular weight excluding hydrogens is 339 g/mol. The fourth-order valence-electron chi connectivity index (χ4n) is 1.81. The van der Waals surface area contributed by atoms with E-state index >= 15 is 0 Å². The van der Waals surface area contributed by atoms with Crippen LogP contribution in [-0.4, -0.2) is 12.9 Å². The normalized spacial score (nSPS) is 10.2. The van der Waals surface area contributed by atoms with E-state index < -0.39 is 0 Å². The fraction of sp³-hybridized carbons (Fsp3) is 0.188. The van der Waals surface area contributed by atoms with Crippen LogP contribution in [0.3, 0.4) is 0 Å². The van der Waals surface area contributed by atoms with E-state index in [1.165, 1.54) is 12.1 Å². The van der Waals surface area contributed by atoms with Crippen LogP contribution in [0.5, 0.6) is 11.5 Å². The average Bonchev–Trinajstić information content (AvgIpc) is 2.47. The number of ether oxygens (including phenoxy) is 2. The van der Waals surface area contributed by atoms with E-state index in [0.29, 0.717) is 33.7 Å². The third-order valence-electron chi connectivity index (χ3n) is 2.77. The average molecular weight is 353 g/mol. The molecule has 0 atom stereocenters. The summed E-state index contributed by atoms with van der Waals surface area (Å²) in [4.78, 5) is 10.9. The predicted octanol–water partition coefficient (Wildman–Crippen LogP) is 4.38. The van der Waals surface area contributed by atoms with Crippen molar-refractivity contribution in [2.45, 2.75) is 13.5 Å². The van der Waals surface area contributed by atoms with Crippen LogP contribution >= 0.6 is 15.9 Å². The maximum atomic E-state index is 13.1. The maximum absolute atomic E-state index is 13.1. The summed E-state index contributed by atoms with van der Waals surface area (Å²) in [6.45, 7) is 2.51. The number of benzene rings is 2. The van der Waals surface area contributed by atoms with Crippen molar-refractivity contribution in [2.24, 2.45) is 0 Å². The minimum absolute atomic E-state index is 0.213. The molecule has 0 aliphatic heterocycles. The van der Waals surface area contributed by atoms with Crippen LogP contribution in [0.2, 0.25) is 0 Å². The lowest BCUT2D eigenvalue weighted by molar-refractivity contribution is 0.112. The Bertz CT molecular complexity index is 643. The Kier molecular flexibility index (Phi) is 5.33. The molecule has 0 fully saturated rings. The first kappa shape index (κ1) is 15.5. The van der Waals surface area contributed by atoms with E-state index in [2.05, 4.69) is 15.9 Å². The van der Waals surface area contributed by atoms with Crippen molar-refractivity contribution in [3.63, 3.8) is 0 Å². The van der Waals surface area contributed by atoms with E-state index in [4.69, 9.17) is 9.47 Å². The van der Waals surface area contributed by atoms with Crippen molar-refractivity contribution in [3.05, 3.63) is 57.8 Å². The number of hydrogen-bond donors (Lipinski definition) is 0. The van der Waals surface area contributed by atoms with Gasteiger partial charge in [0, 0.05) is 10.0 Å². The second-order valence-corrected chi connectivity index (χ2v) is 5.14. The number of hydrogen-bond acceptors (Lipinski definition) is 3. The molecule has 0 spiro atoms. The van der Waals surface area contributed by atoms with Gasteiger partial charge in [-0.3, -0.25) is 4.79 Å². The van der Waals surface area contributed by atoms with Gasteiger partial charge < -0.3 is 9.47 Å². The van der Waals surface area contributed by atoms with E-state index in [1.807, 2.05) is 6.92 Å². The van der Waals surface area contributed by atoms with Crippen LogP contribution in [0.25, 0.3) is 0 Å². The number of rotatable bonds is 6. The molecule has 3 nitrogen and oxygen atoms in total. The molecule has 2 rings (SSSR count). The Balaban J connectivity index is 2.22. The number of carbonyl (C=O) groups excluding carboxylic acids is 1. The molecule has 0 heterocycles. The summed E-state index contributed by atoms with van der Waals surface area (Å²) >= 11 is 3.30. The van der Waals surface area contributed by atoms with Gasteiger partial charge in [0.25, 0.3) is 0 Å². The molecule has 0 saturated heterocycles. The van der Waals surface area contributed by atoms with Gasteiger partial charge in [-0.05, 0) is 52.7 Å². The quantitative estimate of drug-likeness (QED) is 0.723. The van der Waals surface area contributed by atoms with Crippen molar-refractivity contribution < 1.29 is 18.7 Å². The summed E-state index contributed by atoms with van der Waals surface area (Å²) < 4.78 is 24.9. The van der Waals surface area contributed by atoms with E-state index in [0.717, 1.165) is 6.29 Å². The van der Waals surface area contributed by atoms with Gasteiger partial charge >= 0.3 is 0 Å².